The second-order valence-electron chi connectivity index (χ2n) is 5.61. The van der Waals surface area contributed by atoms with Crippen molar-refractivity contribution in [1.82, 2.24) is 9.78 Å². The highest BCUT2D eigenvalue weighted by Gasteiger charge is 2.20. The van der Waals surface area contributed by atoms with Crippen molar-refractivity contribution in [3.63, 3.8) is 0 Å². The first-order chi connectivity index (χ1) is 11.2. The Hall–Kier alpha value is -1.23. The van der Waals surface area contributed by atoms with Crippen molar-refractivity contribution in [3.8, 4) is 5.69 Å². The molecular formula is C17H21Cl2N3O. The van der Waals surface area contributed by atoms with Crippen LogP contribution in [0.15, 0.2) is 18.2 Å². The van der Waals surface area contributed by atoms with Crippen LogP contribution in [0.2, 0.25) is 10.0 Å². The highest BCUT2D eigenvalue weighted by Crippen LogP contribution is 2.31. The van der Waals surface area contributed by atoms with Crippen LogP contribution in [0.25, 0.3) is 5.69 Å². The van der Waals surface area contributed by atoms with Gasteiger partial charge in [-0.15, -0.1) is 0 Å². The van der Waals surface area contributed by atoms with E-state index in [1.807, 2.05) is 29.8 Å². The third kappa shape index (κ3) is 3.65. The zero-order valence-electron chi connectivity index (χ0n) is 13.2. The van der Waals surface area contributed by atoms with Gasteiger partial charge >= 0.3 is 0 Å². The van der Waals surface area contributed by atoms with Gasteiger partial charge in [0, 0.05) is 25.1 Å². The molecule has 23 heavy (non-hydrogen) atoms. The Kier molecular flexibility index (Phi) is 5.46. The molecule has 0 bridgehead atoms. The molecule has 6 heteroatoms. The van der Waals surface area contributed by atoms with Crippen molar-refractivity contribution in [1.29, 1.82) is 0 Å². The van der Waals surface area contributed by atoms with E-state index in [9.17, 15) is 0 Å². The van der Waals surface area contributed by atoms with Crippen molar-refractivity contribution in [2.45, 2.75) is 32.6 Å². The first kappa shape index (κ1) is 16.6. The van der Waals surface area contributed by atoms with Gasteiger partial charge in [-0.05, 0) is 44.4 Å². The van der Waals surface area contributed by atoms with Crippen LogP contribution in [0.4, 0.5) is 5.82 Å². The molecule has 1 aromatic heterocycles. The maximum atomic E-state index is 6.17. The topological polar surface area (TPSA) is 39.1 Å². The van der Waals surface area contributed by atoms with Crippen LogP contribution < -0.4 is 5.32 Å². The zero-order chi connectivity index (χ0) is 16.2. The Balaban J connectivity index is 1.99. The molecule has 2 heterocycles. The summed E-state index contributed by atoms with van der Waals surface area (Å²) in [5, 5.41) is 9.43. The minimum atomic E-state index is 0.540. The maximum absolute atomic E-state index is 6.17. The molecule has 0 saturated carbocycles. The molecule has 0 spiro atoms. The van der Waals surface area contributed by atoms with Gasteiger partial charge in [0.1, 0.15) is 5.82 Å². The van der Waals surface area contributed by atoms with Crippen LogP contribution in [0.1, 0.15) is 31.0 Å². The van der Waals surface area contributed by atoms with Gasteiger partial charge in [0.2, 0.25) is 0 Å². The summed E-state index contributed by atoms with van der Waals surface area (Å²) in [6, 6.07) is 5.61. The number of ether oxygens (including phenoxy) is 1. The highest BCUT2D eigenvalue weighted by atomic mass is 35.5. The minimum Gasteiger partial charge on any atom is -0.381 e. The van der Waals surface area contributed by atoms with E-state index in [1.165, 1.54) is 18.4 Å². The molecule has 1 N–H and O–H groups in total. The standard InChI is InChI=1S/C17H21Cl2N3O/c1-2-23-10-8-16-13-5-3-4-9-20-17(13)22(21-16)12-6-7-14(18)15(19)11-12/h6-7,11,20H,2-5,8-10H2,1H3. The van der Waals surface area contributed by atoms with Gasteiger partial charge in [-0.2, -0.15) is 5.10 Å². The molecule has 1 aliphatic rings. The molecule has 1 aliphatic heterocycles. The van der Waals surface area contributed by atoms with E-state index in [4.69, 9.17) is 33.0 Å². The number of nitrogens with zero attached hydrogens (tertiary/aromatic N) is 2. The lowest BCUT2D eigenvalue weighted by Gasteiger charge is -2.10. The smallest absolute Gasteiger partial charge is 0.133 e. The second kappa shape index (κ2) is 7.56. The summed E-state index contributed by atoms with van der Waals surface area (Å²) >= 11 is 12.2. The fraction of sp³-hybridized carbons (Fsp3) is 0.471. The summed E-state index contributed by atoms with van der Waals surface area (Å²) in [6.07, 6.45) is 4.22. The lowest BCUT2D eigenvalue weighted by Crippen LogP contribution is -2.07. The predicted octanol–water partition coefficient (Wildman–Crippen LogP) is 4.51. The van der Waals surface area contributed by atoms with Crippen LogP contribution in [0, 0.1) is 0 Å². The first-order valence-corrected chi connectivity index (χ1v) is 8.84. The summed E-state index contributed by atoms with van der Waals surface area (Å²) in [7, 11) is 0. The van der Waals surface area contributed by atoms with Gasteiger partial charge in [-0.1, -0.05) is 23.2 Å². The average molecular weight is 354 g/mol. The number of hydrogen-bond donors (Lipinski definition) is 1. The molecule has 0 aliphatic carbocycles. The normalized spacial score (nSPS) is 14.2. The molecule has 1 aromatic carbocycles. The number of anilines is 1. The molecule has 0 fully saturated rings. The Morgan fingerprint density at radius 1 is 1.26 bits per heavy atom. The fourth-order valence-corrected chi connectivity index (χ4v) is 3.18. The van der Waals surface area contributed by atoms with Gasteiger partial charge in [0.25, 0.3) is 0 Å². The van der Waals surface area contributed by atoms with Crippen LogP contribution in [-0.2, 0) is 17.6 Å². The Bertz CT molecular complexity index is 685. The van der Waals surface area contributed by atoms with E-state index in [-0.39, 0.29) is 0 Å². The van der Waals surface area contributed by atoms with Crippen LogP contribution in [-0.4, -0.2) is 29.5 Å². The van der Waals surface area contributed by atoms with Gasteiger partial charge in [0.15, 0.2) is 0 Å². The summed E-state index contributed by atoms with van der Waals surface area (Å²) < 4.78 is 7.45. The molecule has 0 unspecified atom stereocenters. The van der Waals surface area contributed by atoms with Gasteiger partial charge in [-0.25, -0.2) is 4.68 Å². The van der Waals surface area contributed by atoms with E-state index in [0.717, 1.165) is 43.2 Å². The number of rotatable bonds is 5. The molecule has 0 saturated heterocycles. The van der Waals surface area contributed by atoms with Crippen molar-refractivity contribution < 1.29 is 4.74 Å². The molecule has 0 atom stereocenters. The number of nitrogens with one attached hydrogen (secondary N) is 1. The second-order valence-corrected chi connectivity index (χ2v) is 6.43. The predicted molar refractivity (Wildman–Crippen MR) is 95.2 cm³/mol. The molecule has 0 radical (unpaired) electrons. The Morgan fingerprint density at radius 2 is 2.13 bits per heavy atom. The average Bonchev–Trinajstić information content (AvgIpc) is 2.72. The molecular weight excluding hydrogens is 333 g/mol. The number of halogens is 2. The summed E-state index contributed by atoms with van der Waals surface area (Å²) in [6.45, 7) is 4.40. The van der Waals surface area contributed by atoms with Crippen molar-refractivity contribution >= 4 is 29.0 Å². The van der Waals surface area contributed by atoms with E-state index in [1.54, 1.807) is 0 Å². The quantitative estimate of drug-likeness (QED) is 0.804. The van der Waals surface area contributed by atoms with Gasteiger partial charge < -0.3 is 10.1 Å². The van der Waals surface area contributed by atoms with Crippen molar-refractivity contribution in [2.24, 2.45) is 0 Å². The zero-order valence-corrected chi connectivity index (χ0v) is 14.8. The highest BCUT2D eigenvalue weighted by molar-refractivity contribution is 6.42. The third-order valence-corrected chi connectivity index (χ3v) is 4.79. The number of aromatic nitrogens is 2. The fourth-order valence-electron chi connectivity index (χ4n) is 2.89. The van der Waals surface area contributed by atoms with Gasteiger partial charge in [0.05, 0.1) is 28.0 Å². The summed E-state index contributed by atoms with van der Waals surface area (Å²) in [5.41, 5.74) is 3.33. The maximum Gasteiger partial charge on any atom is 0.133 e. The summed E-state index contributed by atoms with van der Waals surface area (Å²) in [4.78, 5) is 0. The summed E-state index contributed by atoms with van der Waals surface area (Å²) in [5.74, 6) is 1.08. The van der Waals surface area contributed by atoms with E-state index >= 15 is 0 Å². The molecule has 0 amide bonds. The number of fused-ring (bicyclic) bond motifs is 1. The number of hydrogen-bond acceptors (Lipinski definition) is 3. The lowest BCUT2D eigenvalue weighted by molar-refractivity contribution is 0.150. The van der Waals surface area contributed by atoms with Crippen LogP contribution in [0.5, 0.6) is 0 Å². The van der Waals surface area contributed by atoms with E-state index < -0.39 is 0 Å². The van der Waals surface area contributed by atoms with Gasteiger partial charge in [-0.3, -0.25) is 0 Å². The Labute approximate surface area is 146 Å². The largest absolute Gasteiger partial charge is 0.381 e. The monoisotopic (exact) mass is 353 g/mol. The SMILES string of the molecule is CCOCCc1nn(-c2ccc(Cl)c(Cl)c2)c2c1CCCCN2. The van der Waals surface area contributed by atoms with E-state index in [2.05, 4.69) is 5.32 Å². The van der Waals surface area contributed by atoms with E-state index in [0.29, 0.717) is 16.7 Å². The Morgan fingerprint density at radius 3 is 2.91 bits per heavy atom. The third-order valence-electron chi connectivity index (χ3n) is 4.05. The minimum absolute atomic E-state index is 0.540. The molecule has 3 rings (SSSR count). The molecule has 2 aromatic rings. The van der Waals surface area contributed by atoms with Crippen molar-refractivity contribution in [2.75, 3.05) is 25.1 Å². The number of benzene rings is 1. The van der Waals surface area contributed by atoms with Crippen LogP contribution in [0.3, 0.4) is 0 Å². The van der Waals surface area contributed by atoms with Crippen molar-refractivity contribution in [3.05, 3.63) is 39.5 Å². The molecule has 124 valence electrons. The van der Waals surface area contributed by atoms with Crippen LogP contribution >= 0.6 is 23.2 Å². The lowest BCUT2D eigenvalue weighted by atomic mass is 10.1. The first-order valence-electron chi connectivity index (χ1n) is 8.08. The molecule has 4 nitrogen and oxygen atoms in total.